The summed E-state index contributed by atoms with van der Waals surface area (Å²) in [4.78, 5) is 39.2. The van der Waals surface area contributed by atoms with Crippen molar-refractivity contribution in [2.45, 2.75) is 51.3 Å². The van der Waals surface area contributed by atoms with Gasteiger partial charge in [-0.1, -0.05) is 92.7 Å². The molecule has 1 aliphatic carbocycles. The molecule has 41 heavy (non-hydrogen) atoms. The summed E-state index contributed by atoms with van der Waals surface area (Å²) >= 11 is 1.57. The van der Waals surface area contributed by atoms with E-state index in [-0.39, 0.29) is 25.0 Å². The first-order valence-electron chi connectivity index (χ1n) is 14.0. The second-order valence-electron chi connectivity index (χ2n) is 10.6. The van der Waals surface area contributed by atoms with Gasteiger partial charge in [-0.2, -0.15) is 11.8 Å². The van der Waals surface area contributed by atoms with Crippen LogP contribution >= 0.6 is 11.8 Å². The molecule has 8 heteroatoms. The van der Waals surface area contributed by atoms with E-state index in [1.807, 2.05) is 74.7 Å². The first-order valence-corrected chi connectivity index (χ1v) is 15.4. The van der Waals surface area contributed by atoms with E-state index in [9.17, 15) is 14.4 Å². The van der Waals surface area contributed by atoms with Gasteiger partial charge in [0.05, 0.1) is 0 Å². The number of carbonyl (C=O) groups is 3. The molecule has 1 aliphatic rings. The van der Waals surface area contributed by atoms with Crippen LogP contribution in [0.4, 0.5) is 4.79 Å². The Morgan fingerprint density at radius 3 is 2.02 bits per heavy atom. The minimum absolute atomic E-state index is 0.0820. The number of fused-ring (bicyclic) bond motifs is 3. The lowest BCUT2D eigenvalue weighted by molar-refractivity contribution is -0.149. The number of benzene rings is 3. The minimum Gasteiger partial charge on any atom is -0.459 e. The lowest BCUT2D eigenvalue weighted by atomic mass is 9.98. The van der Waals surface area contributed by atoms with Crippen LogP contribution in [0.3, 0.4) is 0 Å². The molecule has 0 fully saturated rings. The molecule has 2 N–H and O–H groups in total. The molecule has 2 amide bonds. The SMILES string of the molecule is CSCC[C@H](NC(=O)OCC1c2ccccc2-c2ccccc21)C(=O)N[C@@H](CC(C)C)C(=O)OCc1ccccc1. The van der Waals surface area contributed by atoms with Gasteiger partial charge in [0, 0.05) is 5.92 Å². The van der Waals surface area contributed by atoms with Crippen molar-refractivity contribution >= 4 is 29.7 Å². The Kier molecular flexibility index (Phi) is 10.8. The van der Waals surface area contributed by atoms with E-state index in [1.165, 1.54) is 0 Å². The van der Waals surface area contributed by atoms with E-state index < -0.39 is 30.1 Å². The maximum absolute atomic E-state index is 13.3. The fraction of sp³-hybridized carbons (Fsp3) is 0.364. The van der Waals surface area contributed by atoms with Gasteiger partial charge in [0.25, 0.3) is 0 Å². The molecule has 3 aromatic carbocycles. The Balaban J connectivity index is 1.38. The molecule has 0 saturated carbocycles. The maximum atomic E-state index is 13.3. The number of ether oxygens (including phenoxy) is 2. The summed E-state index contributed by atoms with van der Waals surface area (Å²) in [6.45, 7) is 4.23. The summed E-state index contributed by atoms with van der Waals surface area (Å²) < 4.78 is 11.2. The Bertz CT molecular complexity index is 1280. The topological polar surface area (TPSA) is 93.7 Å². The van der Waals surface area contributed by atoms with Crippen molar-refractivity contribution in [2.75, 3.05) is 18.6 Å². The molecule has 0 aromatic heterocycles. The molecule has 7 nitrogen and oxygen atoms in total. The molecule has 3 aromatic rings. The smallest absolute Gasteiger partial charge is 0.407 e. The van der Waals surface area contributed by atoms with Gasteiger partial charge in [-0.15, -0.1) is 0 Å². The van der Waals surface area contributed by atoms with E-state index in [0.29, 0.717) is 18.6 Å². The van der Waals surface area contributed by atoms with Crippen molar-refractivity contribution in [3.8, 4) is 11.1 Å². The predicted octanol–water partition coefficient (Wildman–Crippen LogP) is 5.92. The number of esters is 1. The van der Waals surface area contributed by atoms with Crippen molar-refractivity contribution in [3.05, 3.63) is 95.6 Å². The van der Waals surface area contributed by atoms with Crippen LogP contribution in [0.1, 0.15) is 49.3 Å². The van der Waals surface area contributed by atoms with Crippen LogP contribution in [-0.4, -0.2) is 48.7 Å². The minimum atomic E-state index is -0.852. The summed E-state index contributed by atoms with van der Waals surface area (Å²) in [7, 11) is 0. The Hall–Kier alpha value is -3.78. The summed E-state index contributed by atoms with van der Waals surface area (Å²) in [5.41, 5.74) is 5.38. The first kappa shape index (κ1) is 30.2. The van der Waals surface area contributed by atoms with E-state index in [1.54, 1.807) is 11.8 Å². The number of nitrogens with one attached hydrogen (secondary N) is 2. The van der Waals surface area contributed by atoms with Crippen LogP contribution < -0.4 is 10.6 Å². The highest BCUT2D eigenvalue weighted by molar-refractivity contribution is 7.98. The Morgan fingerprint density at radius 1 is 0.805 bits per heavy atom. The molecular formula is C33H38N2O5S. The molecule has 2 atom stereocenters. The van der Waals surface area contributed by atoms with Gasteiger partial charge >= 0.3 is 12.1 Å². The zero-order chi connectivity index (χ0) is 29.2. The average molecular weight is 575 g/mol. The summed E-state index contributed by atoms with van der Waals surface area (Å²) in [6, 6.07) is 24.0. The van der Waals surface area contributed by atoms with Crippen molar-refractivity contribution < 1.29 is 23.9 Å². The number of thioether (sulfide) groups is 1. The van der Waals surface area contributed by atoms with Gasteiger partial charge in [0.2, 0.25) is 5.91 Å². The third kappa shape index (κ3) is 8.13. The van der Waals surface area contributed by atoms with Gasteiger partial charge in [0.15, 0.2) is 0 Å². The second kappa shape index (κ2) is 14.7. The Morgan fingerprint density at radius 2 is 1.41 bits per heavy atom. The van der Waals surface area contributed by atoms with E-state index in [4.69, 9.17) is 9.47 Å². The molecule has 0 saturated heterocycles. The zero-order valence-corrected chi connectivity index (χ0v) is 24.6. The zero-order valence-electron chi connectivity index (χ0n) is 23.8. The normalized spacial score (nSPS) is 13.6. The molecule has 0 heterocycles. The molecule has 0 unspecified atom stereocenters. The largest absolute Gasteiger partial charge is 0.459 e. The highest BCUT2D eigenvalue weighted by Crippen LogP contribution is 2.44. The molecule has 4 rings (SSSR count). The van der Waals surface area contributed by atoms with Crippen LogP contribution in [-0.2, 0) is 25.7 Å². The highest BCUT2D eigenvalue weighted by atomic mass is 32.2. The van der Waals surface area contributed by atoms with Gasteiger partial charge in [-0.3, -0.25) is 4.79 Å². The monoisotopic (exact) mass is 574 g/mol. The fourth-order valence-electron chi connectivity index (χ4n) is 5.07. The van der Waals surface area contributed by atoms with Crippen LogP contribution in [0.5, 0.6) is 0 Å². The van der Waals surface area contributed by atoms with Crippen LogP contribution in [0, 0.1) is 5.92 Å². The van der Waals surface area contributed by atoms with E-state index in [0.717, 1.165) is 27.8 Å². The molecule has 216 valence electrons. The number of hydrogen-bond acceptors (Lipinski definition) is 6. The standard InChI is InChI=1S/C33H38N2O5S/c1-22(2)19-30(32(37)39-20-23-11-5-4-6-12-23)34-31(36)29(17-18-41-3)35-33(38)40-21-28-26-15-9-7-13-24(26)25-14-8-10-16-27(25)28/h4-16,22,28-30H,17-21H2,1-3H3,(H,34,36)(H,35,38)/t29-,30-/m0/s1. The Labute approximate surface area is 246 Å². The van der Waals surface area contributed by atoms with Gasteiger partial charge < -0.3 is 20.1 Å². The molecule has 0 radical (unpaired) electrons. The predicted molar refractivity (Wildman–Crippen MR) is 163 cm³/mol. The molecule has 0 spiro atoms. The third-order valence-electron chi connectivity index (χ3n) is 7.09. The number of alkyl carbamates (subject to hydrolysis) is 1. The lowest BCUT2D eigenvalue weighted by Crippen LogP contribution is -2.52. The van der Waals surface area contributed by atoms with E-state index in [2.05, 4.69) is 34.9 Å². The summed E-state index contributed by atoms with van der Waals surface area (Å²) in [5.74, 6) is -0.226. The van der Waals surface area contributed by atoms with Crippen LogP contribution in [0.15, 0.2) is 78.9 Å². The van der Waals surface area contributed by atoms with Crippen molar-refractivity contribution in [3.63, 3.8) is 0 Å². The molecular weight excluding hydrogens is 536 g/mol. The number of carbonyl (C=O) groups excluding carboxylic acids is 3. The maximum Gasteiger partial charge on any atom is 0.407 e. The summed E-state index contributed by atoms with van der Waals surface area (Å²) in [5, 5.41) is 5.57. The van der Waals surface area contributed by atoms with Crippen molar-refractivity contribution in [1.82, 2.24) is 10.6 Å². The highest BCUT2D eigenvalue weighted by Gasteiger charge is 2.31. The van der Waals surface area contributed by atoms with E-state index >= 15 is 0 Å². The van der Waals surface area contributed by atoms with Gasteiger partial charge in [-0.05, 0) is 58.6 Å². The molecule has 0 aliphatic heterocycles. The average Bonchev–Trinajstić information content (AvgIpc) is 3.30. The van der Waals surface area contributed by atoms with Gasteiger partial charge in [-0.25, -0.2) is 9.59 Å². The van der Waals surface area contributed by atoms with Crippen LogP contribution in [0.2, 0.25) is 0 Å². The number of hydrogen-bond donors (Lipinski definition) is 2. The van der Waals surface area contributed by atoms with Gasteiger partial charge in [0.1, 0.15) is 25.3 Å². The van der Waals surface area contributed by atoms with Crippen LogP contribution in [0.25, 0.3) is 11.1 Å². The number of amides is 2. The van der Waals surface area contributed by atoms with Crippen molar-refractivity contribution in [2.24, 2.45) is 5.92 Å². The lowest BCUT2D eigenvalue weighted by Gasteiger charge is -2.24. The number of rotatable bonds is 13. The quantitative estimate of drug-likeness (QED) is 0.246. The van der Waals surface area contributed by atoms with Crippen molar-refractivity contribution in [1.29, 1.82) is 0 Å². The first-order chi connectivity index (χ1) is 19.9. The summed E-state index contributed by atoms with van der Waals surface area (Å²) in [6.07, 6.45) is 2.08. The molecule has 0 bridgehead atoms. The second-order valence-corrected chi connectivity index (χ2v) is 11.6. The third-order valence-corrected chi connectivity index (χ3v) is 7.74. The fourth-order valence-corrected chi connectivity index (χ4v) is 5.55.